The first-order chi connectivity index (χ1) is 10.8. The van der Waals surface area contributed by atoms with Gasteiger partial charge in [-0.3, -0.25) is 0 Å². The fraction of sp³-hybridized carbons (Fsp3) is 0.562. The first kappa shape index (κ1) is 15.4. The van der Waals surface area contributed by atoms with E-state index in [1.807, 2.05) is 18.2 Å². The van der Waals surface area contributed by atoms with E-state index in [0.29, 0.717) is 19.4 Å². The number of benzene rings is 1. The lowest BCUT2D eigenvalue weighted by atomic mass is 10.2. The number of hydrogen-bond acceptors (Lipinski definition) is 3. The van der Waals surface area contributed by atoms with Gasteiger partial charge in [-0.25, -0.2) is 0 Å². The molecule has 3 N–H and O–H groups in total. The van der Waals surface area contributed by atoms with Crippen LogP contribution in [0.3, 0.4) is 0 Å². The summed E-state index contributed by atoms with van der Waals surface area (Å²) < 4.78 is 10.7. The molecule has 2 aliphatic rings. The minimum absolute atomic E-state index is 0.309. The molecule has 2 atom stereocenters. The Morgan fingerprint density at radius 2 is 2.18 bits per heavy atom. The smallest absolute Gasteiger partial charge is 0.231 e. The molecule has 0 radical (unpaired) electrons. The maximum Gasteiger partial charge on any atom is 0.231 e. The molecule has 0 aromatic heterocycles. The van der Waals surface area contributed by atoms with Crippen LogP contribution in [-0.2, 0) is 6.54 Å². The number of likely N-dealkylation sites (tertiary alicyclic amines) is 1. The van der Waals surface area contributed by atoms with Gasteiger partial charge >= 0.3 is 0 Å². The summed E-state index contributed by atoms with van der Waals surface area (Å²) in [5, 5.41) is 7.34. The summed E-state index contributed by atoms with van der Waals surface area (Å²) in [7, 11) is 0. The summed E-state index contributed by atoms with van der Waals surface area (Å²) >= 11 is 5.37. The largest absolute Gasteiger partial charge is 0.454 e. The second kappa shape index (κ2) is 7.15. The number of rotatable bonds is 5. The number of hydrogen-bond donors (Lipinski definition) is 3. The third-order valence-electron chi connectivity index (χ3n) is 4.48. The van der Waals surface area contributed by atoms with Gasteiger partial charge in [0.2, 0.25) is 6.79 Å². The second-order valence-corrected chi connectivity index (χ2v) is 6.26. The highest BCUT2D eigenvalue weighted by Crippen LogP contribution is 2.32. The molecular formula is C16H24N3O2S+. The van der Waals surface area contributed by atoms with Crippen molar-refractivity contribution in [3.8, 4) is 11.5 Å². The Balaban J connectivity index is 1.42. The van der Waals surface area contributed by atoms with Gasteiger partial charge in [-0.1, -0.05) is 6.07 Å². The SMILES string of the molecule is CC[NH+]1CCC[C@@H]1CNC(=S)NCc1ccc2c(c1)OCO2. The Labute approximate surface area is 137 Å². The summed E-state index contributed by atoms with van der Waals surface area (Å²) in [6.07, 6.45) is 2.62. The van der Waals surface area contributed by atoms with Crippen LogP contribution in [0.2, 0.25) is 0 Å². The van der Waals surface area contributed by atoms with Crippen molar-refractivity contribution in [2.75, 3.05) is 26.4 Å². The van der Waals surface area contributed by atoms with Gasteiger partial charge in [0, 0.05) is 19.4 Å². The van der Waals surface area contributed by atoms with Crippen molar-refractivity contribution < 1.29 is 14.4 Å². The monoisotopic (exact) mass is 322 g/mol. The van der Waals surface area contributed by atoms with Gasteiger partial charge in [-0.05, 0) is 36.8 Å². The second-order valence-electron chi connectivity index (χ2n) is 5.85. The summed E-state index contributed by atoms with van der Waals surface area (Å²) in [6, 6.07) is 6.66. The van der Waals surface area contributed by atoms with E-state index in [1.165, 1.54) is 25.9 Å². The van der Waals surface area contributed by atoms with Crippen LogP contribution in [0, 0.1) is 0 Å². The molecule has 1 aromatic carbocycles. The van der Waals surface area contributed by atoms with Gasteiger partial charge in [0.05, 0.1) is 19.6 Å². The third kappa shape index (κ3) is 3.62. The molecule has 22 heavy (non-hydrogen) atoms. The standard InChI is InChI=1S/C16H23N3O2S/c1-2-19-7-3-4-13(19)10-18-16(22)17-9-12-5-6-14-15(8-12)21-11-20-14/h5-6,8,13H,2-4,7,9-11H2,1H3,(H2,17,18,22)/p+1/t13-/m1/s1. The van der Waals surface area contributed by atoms with Crippen molar-refractivity contribution in [2.24, 2.45) is 0 Å². The summed E-state index contributed by atoms with van der Waals surface area (Å²) in [6.45, 7) is 6.70. The van der Waals surface area contributed by atoms with Crippen LogP contribution in [0.1, 0.15) is 25.3 Å². The van der Waals surface area contributed by atoms with Crippen LogP contribution in [-0.4, -0.2) is 37.6 Å². The Bertz CT molecular complexity index is 538. The van der Waals surface area contributed by atoms with Gasteiger partial charge in [0.15, 0.2) is 16.6 Å². The predicted molar refractivity (Wildman–Crippen MR) is 89.4 cm³/mol. The zero-order chi connectivity index (χ0) is 15.4. The average Bonchev–Trinajstić information content (AvgIpc) is 3.18. The topological polar surface area (TPSA) is 47.0 Å². The van der Waals surface area contributed by atoms with E-state index in [2.05, 4.69) is 17.6 Å². The zero-order valence-electron chi connectivity index (χ0n) is 13.0. The van der Waals surface area contributed by atoms with Crippen LogP contribution >= 0.6 is 12.2 Å². The zero-order valence-corrected chi connectivity index (χ0v) is 13.8. The van der Waals surface area contributed by atoms with Crippen molar-refractivity contribution in [1.82, 2.24) is 10.6 Å². The van der Waals surface area contributed by atoms with Crippen LogP contribution in [0.5, 0.6) is 11.5 Å². The fourth-order valence-corrected chi connectivity index (χ4v) is 3.36. The van der Waals surface area contributed by atoms with Gasteiger partial charge in [-0.2, -0.15) is 0 Å². The van der Waals surface area contributed by atoms with Crippen LogP contribution in [0.25, 0.3) is 0 Å². The molecule has 5 nitrogen and oxygen atoms in total. The van der Waals surface area contributed by atoms with Gasteiger partial charge in [-0.15, -0.1) is 0 Å². The summed E-state index contributed by atoms with van der Waals surface area (Å²) in [5.41, 5.74) is 1.13. The molecule has 0 spiro atoms. The lowest BCUT2D eigenvalue weighted by Crippen LogP contribution is -3.14. The molecule has 1 fully saturated rings. The maximum atomic E-state index is 5.38. The molecule has 0 bridgehead atoms. The van der Waals surface area contributed by atoms with E-state index in [-0.39, 0.29) is 0 Å². The lowest BCUT2D eigenvalue weighted by Gasteiger charge is -2.21. The summed E-state index contributed by atoms with van der Waals surface area (Å²) in [4.78, 5) is 1.69. The molecule has 2 heterocycles. The molecular weight excluding hydrogens is 298 g/mol. The highest BCUT2D eigenvalue weighted by molar-refractivity contribution is 7.80. The number of thiocarbonyl (C=S) groups is 1. The number of nitrogens with one attached hydrogen (secondary N) is 3. The van der Waals surface area contributed by atoms with E-state index in [0.717, 1.165) is 28.7 Å². The minimum Gasteiger partial charge on any atom is -0.454 e. The van der Waals surface area contributed by atoms with E-state index in [4.69, 9.17) is 21.7 Å². The van der Waals surface area contributed by atoms with E-state index in [9.17, 15) is 0 Å². The Morgan fingerprint density at radius 3 is 3.05 bits per heavy atom. The molecule has 6 heteroatoms. The number of fused-ring (bicyclic) bond motifs is 1. The van der Waals surface area contributed by atoms with Gasteiger partial charge < -0.3 is 25.0 Å². The third-order valence-corrected chi connectivity index (χ3v) is 4.77. The molecule has 120 valence electrons. The van der Waals surface area contributed by atoms with Crippen molar-refractivity contribution in [1.29, 1.82) is 0 Å². The Kier molecular flexibility index (Phi) is 5.00. The molecule has 0 amide bonds. The summed E-state index contributed by atoms with van der Waals surface area (Å²) in [5.74, 6) is 1.62. The Hall–Kier alpha value is -1.53. The highest BCUT2D eigenvalue weighted by Gasteiger charge is 2.26. The molecule has 1 unspecified atom stereocenters. The van der Waals surface area contributed by atoms with Crippen molar-refractivity contribution >= 4 is 17.3 Å². The van der Waals surface area contributed by atoms with E-state index < -0.39 is 0 Å². The van der Waals surface area contributed by atoms with Crippen molar-refractivity contribution in [2.45, 2.75) is 32.4 Å². The first-order valence-electron chi connectivity index (χ1n) is 8.01. The van der Waals surface area contributed by atoms with Crippen LogP contribution < -0.4 is 25.0 Å². The minimum atomic E-state index is 0.309. The van der Waals surface area contributed by atoms with E-state index >= 15 is 0 Å². The normalized spacial score (nSPS) is 22.6. The molecule has 3 rings (SSSR count). The van der Waals surface area contributed by atoms with Crippen molar-refractivity contribution in [3.63, 3.8) is 0 Å². The number of likely N-dealkylation sites (N-methyl/N-ethyl adjacent to an activating group) is 1. The number of quaternary nitrogens is 1. The molecule has 0 aliphatic carbocycles. The Morgan fingerprint density at radius 1 is 1.32 bits per heavy atom. The highest BCUT2D eigenvalue weighted by atomic mass is 32.1. The quantitative estimate of drug-likeness (QED) is 0.687. The molecule has 0 saturated carbocycles. The average molecular weight is 322 g/mol. The maximum absolute atomic E-state index is 5.38. The predicted octanol–water partition coefficient (Wildman–Crippen LogP) is 0.447. The molecule has 2 aliphatic heterocycles. The number of ether oxygens (including phenoxy) is 2. The van der Waals surface area contributed by atoms with Gasteiger partial charge in [0.25, 0.3) is 0 Å². The lowest BCUT2D eigenvalue weighted by molar-refractivity contribution is -0.909. The van der Waals surface area contributed by atoms with Gasteiger partial charge in [0.1, 0.15) is 6.04 Å². The fourth-order valence-electron chi connectivity index (χ4n) is 3.21. The van der Waals surface area contributed by atoms with Crippen LogP contribution in [0.15, 0.2) is 18.2 Å². The van der Waals surface area contributed by atoms with E-state index in [1.54, 1.807) is 4.90 Å². The molecule has 1 saturated heterocycles. The van der Waals surface area contributed by atoms with Crippen molar-refractivity contribution in [3.05, 3.63) is 23.8 Å². The van der Waals surface area contributed by atoms with Crippen LogP contribution in [0.4, 0.5) is 0 Å². The molecule has 1 aromatic rings. The first-order valence-corrected chi connectivity index (χ1v) is 8.42.